The van der Waals surface area contributed by atoms with Gasteiger partial charge in [-0.05, 0) is 6.26 Å². The van der Waals surface area contributed by atoms with Crippen LogP contribution in [0.2, 0.25) is 0 Å². The van der Waals surface area contributed by atoms with E-state index in [2.05, 4.69) is 14.8 Å². The van der Waals surface area contributed by atoms with E-state index in [1.54, 1.807) is 6.07 Å². The molecule has 0 aliphatic heterocycles. The first-order valence-electron chi connectivity index (χ1n) is 3.44. The van der Waals surface area contributed by atoms with Gasteiger partial charge in [0.2, 0.25) is 0 Å². The summed E-state index contributed by atoms with van der Waals surface area (Å²) in [7, 11) is 0. The monoisotopic (exact) mass is 190 g/mol. The average molecular weight is 190 g/mol. The SMILES string of the molecule is [C-]#[N+]C(C#N)c1cc(SC)ncn1. The fourth-order valence-electron chi connectivity index (χ4n) is 0.776. The summed E-state index contributed by atoms with van der Waals surface area (Å²) in [6.45, 7) is 6.76. The van der Waals surface area contributed by atoms with E-state index in [0.717, 1.165) is 5.03 Å². The van der Waals surface area contributed by atoms with Crippen LogP contribution in [0.1, 0.15) is 11.7 Å². The molecule has 1 atom stereocenters. The van der Waals surface area contributed by atoms with Gasteiger partial charge in [-0.25, -0.2) is 16.5 Å². The number of hydrogen-bond donors (Lipinski definition) is 0. The third-order valence-corrected chi connectivity index (χ3v) is 2.05. The van der Waals surface area contributed by atoms with Gasteiger partial charge in [-0.2, -0.15) is 5.26 Å². The van der Waals surface area contributed by atoms with Gasteiger partial charge in [0.05, 0.1) is 5.03 Å². The first-order valence-corrected chi connectivity index (χ1v) is 4.66. The summed E-state index contributed by atoms with van der Waals surface area (Å²) in [6.07, 6.45) is 3.25. The molecule has 0 saturated heterocycles. The second kappa shape index (κ2) is 4.44. The van der Waals surface area contributed by atoms with Crippen molar-refractivity contribution in [2.45, 2.75) is 11.1 Å². The van der Waals surface area contributed by atoms with Crippen molar-refractivity contribution in [1.29, 1.82) is 5.26 Å². The van der Waals surface area contributed by atoms with E-state index < -0.39 is 6.04 Å². The lowest BCUT2D eigenvalue weighted by atomic mass is 10.2. The maximum atomic E-state index is 8.61. The maximum absolute atomic E-state index is 8.61. The molecule has 0 saturated carbocycles. The van der Waals surface area contributed by atoms with Gasteiger partial charge < -0.3 is 0 Å². The Kier molecular flexibility index (Phi) is 3.24. The molecule has 0 N–H and O–H groups in total. The molecule has 4 nitrogen and oxygen atoms in total. The van der Waals surface area contributed by atoms with Crippen molar-refractivity contribution >= 4 is 11.8 Å². The van der Waals surface area contributed by atoms with E-state index in [9.17, 15) is 0 Å². The molecule has 0 amide bonds. The molecule has 0 aliphatic carbocycles. The summed E-state index contributed by atoms with van der Waals surface area (Å²) in [4.78, 5) is 11.0. The Labute approximate surface area is 80.4 Å². The van der Waals surface area contributed by atoms with Crippen molar-refractivity contribution in [3.05, 3.63) is 29.5 Å². The van der Waals surface area contributed by atoms with Crippen LogP contribution in [0.25, 0.3) is 4.85 Å². The van der Waals surface area contributed by atoms with E-state index in [1.165, 1.54) is 18.1 Å². The number of nitriles is 1. The average Bonchev–Trinajstić information content (AvgIpc) is 2.20. The Balaban J connectivity index is 3.03. The zero-order valence-corrected chi connectivity index (χ0v) is 7.75. The lowest BCUT2D eigenvalue weighted by molar-refractivity contribution is 0.927. The summed E-state index contributed by atoms with van der Waals surface area (Å²) in [5, 5.41) is 9.38. The van der Waals surface area contributed by atoms with Gasteiger partial charge in [-0.15, -0.1) is 11.8 Å². The molecule has 0 spiro atoms. The number of aromatic nitrogens is 2. The Morgan fingerprint density at radius 3 is 3.00 bits per heavy atom. The van der Waals surface area contributed by atoms with Crippen LogP contribution in [-0.2, 0) is 0 Å². The molecule has 1 heterocycles. The Hall–Kier alpha value is -1.59. The number of rotatable bonds is 2. The van der Waals surface area contributed by atoms with Crippen molar-refractivity contribution in [1.82, 2.24) is 9.97 Å². The number of nitrogens with zero attached hydrogens (tertiary/aromatic N) is 4. The summed E-state index contributed by atoms with van der Waals surface area (Å²) >= 11 is 1.46. The van der Waals surface area contributed by atoms with Crippen molar-refractivity contribution < 1.29 is 0 Å². The van der Waals surface area contributed by atoms with Crippen LogP contribution >= 0.6 is 11.8 Å². The van der Waals surface area contributed by atoms with Crippen LogP contribution in [0.15, 0.2) is 17.4 Å². The highest BCUT2D eigenvalue weighted by atomic mass is 32.2. The van der Waals surface area contributed by atoms with E-state index in [0.29, 0.717) is 5.69 Å². The highest BCUT2D eigenvalue weighted by Crippen LogP contribution is 2.17. The van der Waals surface area contributed by atoms with Crippen LogP contribution in [0, 0.1) is 17.9 Å². The zero-order valence-electron chi connectivity index (χ0n) is 6.93. The molecule has 1 unspecified atom stereocenters. The number of thioether (sulfide) groups is 1. The summed E-state index contributed by atoms with van der Waals surface area (Å²) < 4.78 is 0. The Morgan fingerprint density at radius 1 is 1.69 bits per heavy atom. The molecule has 0 fully saturated rings. The van der Waals surface area contributed by atoms with E-state index in [-0.39, 0.29) is 0 Å². The van der Waals surface area contributed by atoms with Gasteiger partial charge in [-0.1, -0.05) is 0 Å². The Bertz CT molecular complexity index is 362. The molecule has 0 aliphatic rings. The van der Waals surface area contributed by atoms with Crippen LogP contribution < -0.4 is 0 Å². The van der Waals surface area contributed by atoms with Gasteiger partial charge in [0.25, 0.3) is 0 Å². The first-order chi connectivity index (χ1) is 6.31. The van der Waals surface area contributed by atoms with Crippen LogP contribution in [0.5, 0.6) is 0 Å². The largest absolute Gasteiger partial charge is 0.348 e. The maximum Gasteiger partial charge on any atom is 0.348 e. The smallest absolute Gasteiger partial charge is 0.290 e. The molecule has 64 valence electrons. The van der Waals surface area contributed by atoms with Crippen LogP contribution in [0.3, 0.4) is 0 Å². The molecule has 5 heteroatoms. The molecule has 1 aromatic heterocycles. The predicted molar refractivity (Wildman–Crippen MR) is 48.8 cm³/mol. The minimum absolute atomic E-state index is 0.469. The van der Waals surface area contributed by atoms with E-state index in [4.69, 9.17) is 11.8 Å². The van der Waals surface area contributed by atoms with Crippen molar-refractivity contribution in [3.8, 4) is 6.07 Å². The van der Waals surface area contributed by atoms with Gasteiger partial charge in [0.15, 0.2) is 6.07 Å². The Morgan fingerprint density at radius 2 is 2.46 bits per heavy atom. The van der Waals surface area contributed by atoms with Gasteiger partial charge in [0, 0.05) is 6.07 Å². The lowest BCUT2D eigenvalue weighted by Crippen LogP contribution is -1.95. The third kappa shape index (κ3) is 2.17. The molecule has 1 aromatic rings. The summed E-state index contributed by atoms with van der Waals surface area (Å²) in [6, 6.07) is 2.72. The molecule has 0 aromatic carbocycles. The van der Waals surface area contributed by atoms with Gasteiger partial charge >= 0.3 is 6.04 Å². The van der Waals surface area contributed by atoms with E-state index >= 15 is 0 Å². The molecule has 0 bridgehead atoms. The predicted octanol–water partition coefficient (Wildman–Crippen LogP) is 1.68. The lowest BCUT2D eigenvalue weighted by Gasteiger charge is -1.97. The molecule has 0 radical (unpaired) electrons. The van der Waals surface area contributed by atoms with Gasteiger partial charge in [-0.3, -0.25) is 4.85 Å². The molecule has 13 heavy (non-hydrogen) atoms. The number of hydrogen-bond acceptors (Lipinski definition) is 4. The fourth-order valence-corrected chi connectivity index (χ4v) is 1.17. The molecular weight excluding hydrogens is 184 g/mol. The topological polar surface area (TPSA) is 53.9 Å². The van der Waals surface area contributed by atoms with Crippen LogP contribution in [0.4, 0.5) is 0 Å². The first kappa shape index (κ1) is 9.50. The fraction of sp³-hybridized carbons (Fsp3) is 0.250. The third-order valence-electron chi connectivity index (χ3n) is 1.40. The molecule has 1 rings (SSSR count). The quantitative estimate of drug-likeness (QED) is 0.404. The standard InChI is InChI=1S/C8H6N4S/c1-10-7(4-9)6-3-8(13-2)12-5-11-6/h3,5,7H,2H3. The molecular formula is C8H6N4S. The highest BCUT2D eigenvalue weighted by Gasteiger charge is 2.16. The van der Waals surface area contributed by atoms with Crippen LogP contribution in [-0.4, -0.2) is 16.2 Å². The minimum atomic E-state index is -0.811. The minimum Gasteiger partial charge on any atom is -0.290 e. The second-order valence-electron chi connectivity index (χ2n) is 2.15. The summed E-state index contributed by atoms with van der Waals surface area (Å²) in [5.74, 6) is 0. The zero-order chi connectivity index (χ0) is 9.68. The van der Waals surface area contributed by atoms with Gasteiger partial charge in [0.1, 0.15) is 12.0 Å². The second-order valence-corrected chi connectivity index (χ2v) is 2.97. The van der Waals surface area contributed by atoms with Crippen molar-refractivity contribution in [2.75, 3.05) is 6.26 Å². The summed E-state index contributed by atoms with van der Waals surface area (Å²) in [5.41, 5.74) is 0.469. The van der Waals surface area contributed by atoms with E-state index in [1.807, 2.05) is 12.3 Å². The normalized spacial score (nSPS) is 11.3. The van der Waals surface area contributed by atoms with Crippen molar-refractivity contribution in [2.24, 2.45) is 0 Å². The van der Waals surface area contributed by atoms with Crippen molar-refractivity contribution in [3.63, 3.8) is 0 Å². The highest BCUT2D eigenvalue weighted by molar-refractivity contribution is 7.98.